The lowest BCUT2D eigenvalue weighted by Crippen LogP contribution is -2.42. The van der Waals surface area contributed by atoms with Gasteiger partial charge in [-0.3, -0.25) is 4.79 Å². The Morgan fingerprint density at radius 2 is 1.73 bits per heavy atom. The van der Waals surface area contributed by atoms with E-state index >= 15 is 0 Å². The molecule has 1 N–H and O–H groups in total. The first-order valence-electron chi connectivity index (χ1n) is 5.11. The maximum Gasteiger partial charge on any atom is 0.248 e. The number of aliphatic hydroxyl groups is 1. The fraction of sp³-hybridized carbons (Fsp3) is 0.909. The minimum atomic E-state index is -0.869. The SMILES string of the molecule is CN(CC(C)(C)O)C(=O)COC(C)(C)C. The topological polar surface area (TPSA) is 49.8 Å². The highest BCUT2D eigenvalue weighted by atomic mass is 16.5. The number of nitrogens with zero attached hydrogens (tertiary/aromatic N) is 1. The number of rotatable bonds is 4. The van der Waals surface area contributed by atoms with E-state index in [2.05, 4.69) is 0 Å². The minimum absolute atomic E-state index is 0.0517. The number of amides is 1. The molecule has 15 heavy (non-hydrogen) atoms. The quantitative estimate of drug-likeness (QED) is 0.765. The summed E-state index contributed by atoms with van der Waals surface area (Å²) >= 11 is 0. The van der Waals surface area contributed by atoms with Gasteiger partial charge >= 0.3 is 0 Å². The molecule has 0 radical (unpaired) electrons. The summed E-state index contributed by atoms with van der Waals surface area (Å²) in [6, 6.07) is 0. The lowest BCUT2D eigenvalue weighted by Gasteiger charge is -2.27. The Morgan fingerprint density at radius 1 is 1.27 bits per heavy atom. The van der Waals surface area contributed by atoms with Gasteiger partial charge in [0.2, 0.25) is 5.91 Å². The van der Waals surface area contributed by atoms with E-state index in [0.717, 1.165) is 0 Å². The third-order valence-electron chi connectivity index (χ3n) is 1.68. The summed E-state index contributed by atoms with van der Waals surface area (Å²) in [5.74, 6) is -0.118. The average Bonchev–Trinajstić information content (AvgIpc) is 1.95. The summed E-state index contributed by atoms with van der Waals surface area (Å²) < 4.78 is 5.35. The molecular weight excluding hydrogens is 194 g/mol. The van der Waals surface area contributed by atoms with E-state index in [1.165, 1.54) is 4.90 Å². The molecule has 4 nitrogen and oxygen atoms in total. The average molecular weight is 217 g/mol. The summed E-state index contributed by atoms with van der Waals surface area (Å²) in [6.07, 6.45) is 0. The monoisotopic (exact) mass is 217 g/mol. The highest BCUT2D eigenvalue weighted by Gasteiger charge is 2.20. The molecule has 0 atom stereocenters. The van der Waals surface area contributed by atoms with Crippen molar-refractivity contribution in [3.63, 3.8) is 0 Å². The van der Waals surface area contributed by atoms with Crippen molar-refractivity contribution in [1.82, 2.24) is 4.90 Å². The zero-order chi connectivity index (χ0) is 12.3. The Balaban J connectivity index is 4.01. The molecular formula is C11H23NO3. The Hall–Kier alpha value is -0.610. The predicted octanol–water partition coefficient (Wildman–Crippen LogP) is 1.03. The number of carbonyl (C=O) groups excluding carboxylic acids is 1. The second-order valence-corrected chi connectivity index (χ2v) is 5.46. The van der Waals surface area contributed by atoms with Gasteiger partial charge in [-0.05, 0) is 34.6 Å². The van der Waals surface area contributed by atoms with Crippen LogP contribution in [0.4, 0.5) is 0 Å². The van der Waals surface area contributed by atoms with Crippen LogP contribution in [-0.2, 0) is 9.53 Å². The van der Waals surface area contributed by atoms with Crippen LogP contribution in [0.1, 0.15) is 34.6 Å². The van der Waals surface area contributed by atoms with E-state index in [1.807, 2.05) is 20.8 Å². The largest absolute Gasteiger partial charge is 0.389 e. The zero-order valence-corrected chi connectivity index (χ0v) is 10.6. The van der Waals surface area contributed by atoms with E-state index in [9.17, 15) is 9.90 Å². The molecule has 0 rings (SSSR count). The lowest BCUT2D eigenvalue weighted by molar-refractivity contribution is -0.142. The second-order valence-electron chi connectivity index (χ2n) is 5.46. The first kappa shape index (κ1) is 14.4. The second kappa shape index (κ2) is 4.94. The molecule has 0 unspecified atom stereocenters. The van der Waals surface area contributed by atoms with Gasteiger partial charge in [-0.25, -0.2) is 0 Å². The minimum Gasteiger partial charge on any atom is -0.389 e. The molecule has 90 valence electrons. The van der Waals surface area contributed by atoms with E-state index in [0.29, 0.717) is 6.54 Å². The first-order chi connectivity index (χ1) is 6.51. The number of hydrogen-bond acceptors (Lipinski definition) is 3. The molecule has 1 amide bonds. The van der Waals surface area contributed by atoms with Crippen LogP contribution in [0.3, 0.4) is 0 Å². The smallest absolute Gasteiger partial charge is 0.248 e. The molecule has 0 bridgehead atoms. The molecule has 0 aromatic heterocycles. The third-order valence-corrected chi connectivity index (χ3v) is 1.68. The number of hydrogen-bond donors (Lipinski definition) is 1. The van der Waals surface area contributed by atoms with Crippen LogP contribution >= 0.6 is 0 Å². The molecule has 0 fully saturated rings. The molecule has 0 aliphatic heterocycles. The molecule has 0 saturated heterocycles. The normalized spacial score (nSPS) is 12.7. The van der Waals surface area contributed by atoms with Gasteiger partial charge in [0.1, 0.15) is 6.61 Å². The Morgan fingerprint density at radius 3 is 2.07 bits per heavy atom. The van der Waals surface area contributed by atoms with Gasteiger partial charge in [-0.1, -0.05) is 0 Å². The summed E-state index contributed by atoms with van der Waals surface area (Å²) in [4.78, 5) is 13.0. The number of likely N-dealkylation sites (N-methyl/N-ethyl adjacent to an activating group) is 1. The maximum atomic E-state index is 11.6. The van der Waals surface area contributed by atoms with Gasteiger partial charge < -0.3 is 14.7 Å². The van der Waals surface area contributed by atoms with E-state index < -0.39 is 5.60 Å². The van der Waals surface area contributed by atoms with Crippen molar-refractivity contribution in [3.05, 3.63) is 0 Å². The van der Waals surface area contributed by atoms with Gasteiger partial charge in [0.25, 0.3) is 0 Å². The lowest BCUT2D eigenvalue weighted by atomic mass is 10.1. The van der Waals surface area contributed by atoms with Gasteiger partial charge in [-0.2, -0.15) is 0 Å². The van der Waals surface area contributed by atoms with E-state index in [-0.39, 0.29) is 18.1 Å². The zero-order valence-electron chi connectivity index (χ0n) is 10.6. The summed E-state index contributed by atoms with van der Waals surface area (Å²) in [5, 5.41) is 9.53. The molecule has 4 heteroatoms. The predicted molar refractivity (Wildman–Crippen MR) is 59.6 cm³/mol. The van der Waals surface area contributed by atoms with Crippen LogP contribution in [0.2, 0.25) is 0 Å². The fourth-order valence-electron chi connectivity index (χ4n) is 1.06. The van der Waals surface area contributed by atoms with Crippen molar-refractivity contribution in [1.29, 1.82) is 0 Å². The van der Waals surface area contributed by atoms with Crippen LogP contribution in [0.15, 0.2) is 0 Å². The van der Waals surface area contributed by atoms with Crippen molar-refractivity contribution in [3.8, 4) is 0 Å². The van der Waals surface area contributed by atoms with Crippen molar-refractivity contribution in [2.75, 3.05) is 20.2 Å². The number of ether oxygens (including phenoxy) is 1. The summed E-state index contributed by atoms with van der Waals surface area (Å²) in [6.45, 7) is 9.39. The van der Waals surface area contributed by atoms with Crippen LogP contribution in [0, 0.1) is 0 Å². The van der Waals surface area contributed by atoms with Crippen LogP contribution in [0.25, 0.3) is 0 Å². The molecule has 0 heterocycles. The van der Waals surface area contributed by atoms with Crippen molar-refractivity contribution >= 4 is 5.91 Å². The molecule has 0 aliphatic carbocycles. The Bertz CT molecular complexity index is 213. The fourth-order valence-corrected chi connectivity index (χ4v) is 1.06. The highest BCUT2D eigenvalue weighted by molar-refractivity contribution is 5.77. The summed E-state index contributed by atoms with van der Waals surface area (Å²) in [5.41, 5.74) is -1.18. The van der Waals surface area contributed by atoms with Crippen LogP contribution in [-0.4, -0.2) is 47.3 Å². The Kier molecular flexibility index (Phi) is 4.74. The van der Waals surface area contributed by atoms with Gasteiger partial charge in [0.05, 0.1) is 11.2 Å². The third kappa shape index (κ3) is 8.39. The molecule has 0 spiro atoms. The summed E-state index contributed by atoms with van der Waals surface area (Å²) in [7, 11) is 1.66. The molecule has 0 aliphatic rings. The number of carbonyl (C=O) groups is 1. The van der Waals surface area contributed by atoms with Crippen LogP contribution in [0.5, 0.6) is 0 Å². The van der Waals surface area contributed by atoms with Crippen molar-refractivity contribution in [2.24, 2.45) is 0 Å². The molecule has 0 aromatic rings. The van der Waals surface area contributed by atoms with Gasteiger partial charge in [-0.15, -0.1) is 0 Å². The van der Waals surface area contributed by atoms with Crippen LogP contribution < -0.4 is 0 Å². The van der Waals surface area contributed by atoms with E-state index in [4.69, 9.17) is 4.74 Å². The van der Waals surface area contributed by atoms with Crippen molar-refractivity contribution in [2.45, 2.75) is 45.8 Å². The van der Waals surface area contributed by atoms with Crippen molar-refractivity contribution < 1.29 is 14.6 Å². The van der Waals surface area contributed by atoms with Gasteiger partial charge in [0.15, 0.2) is 0 Å². The molecule has 0 saturated carbocycles. The molecule has 0 aromatic carbocycles. The highest BCUT2D eigenvalue weighted by Crippen LogP contribution is 2.08. The Labute approximate surface area is 92.2 Å². The maximum absolute atomic E-state index is 11.6. The van der Waals surface area contributed by atoms with Gasteiger partial charge in [0, 0.05) is 13.6 Å². The first-order valence-corrected chi connectivity index (χ1v) is 5.11. The van der Waals surface area contributed by atoms with E-state index in [1.54, 1.807) is 20.9 Å². The standard InChI is InChI=1S/C11H23NO3/c1-10(2,3)15-7-9(13)12(6)8-11(4,5)14/h14H,7-8H2,1-6H3.